The van der Waals surface area contributed by atoms with Gasteiger partial charge in [0, 0.05) is 0 Å². The summed E-state index contributed by atoms with van der Waals surface area (Å²) < 4.78 is 11.5. The number of hydrazone groups is 1. The number of nitrogens with zero attached hydrogens (tertiary/aromatic N) is 1. The fourth-order valence-corrected chi connectivity index (χ4v) is 2.88. The molecule has 3 aromatic carbocycles. The number of nitrogens with one attached hydrogen (secondary N) is 1. The molecule has 0 spiro atoms. The van der Waals surface area contributed by atoms with E-state index in [-0.39, 0.29) is 12.5 Å². The Bertz CT molecular complexity index is 1010. The molecule has 0 bridgehead atoms. The van der Waals surface area contributed by atoms with Gasteiger partial charge in [0.05, 0.1) is 6.21 Å². The van der Waals surface area contributed by atoms with Gasteiger partial charge in [0.1, 0.15) is 17.2 Å². The van der Waals surface area contributed by atoms with Crippen LogP contribution in [0, 0.1) is 6.92 Å². The first-order chi connectivity index (χ1) is 14.5. The Labute approximate surface area is 177 Å². The van der Waals surface area contributed by atoms with E-state index in [1.54, 1.807) is 6.21 Å². The molecule has 3 aromatic rings. The lowest BCUT2D eigenvalue weighted by atomic mass is 10.0. The maximum atomic E-state index is 12.1. The van der Waals surface area contributed by atoms with E-state index in [0.717, 1.165) is 28.2 Å². The lowest BCUT2D eigenvalue weighted by Crippen LogP contribution is -2.25. The maximum Gasteiger partial charge on any atom is 0.277 e. The number of ether oxygens (including phenoxy) is 2. The zero-order valence-corrected chi connectivity index (χ0v) is 17.5. The second kappa shape index (κ2) is 10.3. The highest BCUT2D eigenvalue weighted by Gasteiger charge is 2.10. The number of amides is 1. The van der Waals surface area contributed by atoms with E-state index in [1.165, 1.54) is 0 Å². The van der Waals surface area contributed by atoms with Crippen molar-refractivity contribution in [1.29, 1.82) is 0 Å². The quantitative estimate of drug-likeness (QED) is 0.403. The Kier molecular flexibility index (Phi) is 7.22. The van der Waals surface area contributed by atoms with E-state index in [4.69, 9.17) is 9.47 Å². The summed E-state index contributed by atoms with van der Waals surface area (Å²) in [5.74, 6) is 2.18. The molecule has 30 heavy (non-hydrogen) atoms. The highest BCUT2D eigenvalue weighted by Crippen LogP contribution is 2.27. The van der Waals surface area contributed by atoms with Gasteiger partial charge in [-0.25, -0.2) is 5.43 Å². The predicted molar refractivity (Wildman–Crippen MR) is 119 cm³/mol. The van der Waals surface area contributed by atoms with Gasteiger partial charge in [-0.2, -0.15) is 5.10 Å². The molecule has 0 unspecified atom stereocenters. The van der Waals surface area contributed by atoms with Crippen LogP contribution >= 0.6 is 0 Å². The molecule has 0 saturated carbocycles. The summed E-state index contributed by atoms with van der Waals surface area (Å²) >= 11 is 0. The van der Waals surface area contributed by atoms with E-state index in [1.807, 2.05) is 79.7 Å². The molecule has 5 heteroatoms. The van der Waals surface area contributed by atoms with Gasteiger partial charge in [0.25, 0.3) is 5.91 Å². The van der Waals surface area contributed by atoms with Crippen LogP contribution in [0.25, 0.3) is 0 Å². The van der Waals surface area contributed by atoms with Crippen LogP contribution in [0.15, 0.2) is 77.9 Å². The summed E-state index contributed by atoms with van der Waals surface area (Å²) in [4.78, 5) is 12.1. The summed E-state index contributed by atoms with van der Waals surface area (Å²) in [5, 5.41) is 4.02. The van der Waals surface area contributed by atoms with Gasteiger partial charge >= 0.3 is 0 Å². The van der Waals surface area contributed by atoms with Crippen molar-refractivity contribution in [3.8, 4) is 17.2 Å². The normalized spacial score (nSPS) is 10.9. The Morgan fingerprint density at radius 3 is 2.53 bits per heavy atom. The molecule has 0 aliphatic heterocycles. The topological polar surface area (TPSA) is 59.9 Å². The van der Waals surface area contributed by atoms with Crippen molar-refractivity contribution in [3.63, 3.8) is 0 Å². The summed E-state index contributed by atoms with van der Waals surface area (Å²) in [6, 6.07) is 23.0. The number of carbonyl (C=O) groups is 1. The zero-order valence-electron chi connectivity index (χ0n) is 17.5. The molecule has 0 aliphatic carbocycles. The van der Waals surface area contributed by atoms with E-state index in [2.05, 4.69) is 24.4 Å². The molecular formula is C25H26N2O3. The summed E-state index contributed by atoms with van der Waals surface area (Å²) in [6.07, 6.45) is 1.57. The van der Waals surface area contributed by atoms with Crippen molar-refractivity contribution in [3.05, 3.63) is 89.5 Å². The molecule has 0 atom stereocenters. The fraction of sp³-hybridized carbons (Fsp3) is 0.200. The van der Waals surface area contributed by atoms with Crippen LogP contribution in [-0.4, -0.2) is 18.7 Å². The van der Waals surface area contributed by atoms with Gasteiger partial charge in [-0.05, 0) is 59.9 Å². The molecule has 1 N–H and O–H groups in total. The molecule has 5 nitrogen and oxygen atoms in total. The van der Waals surface area contributed by atoms with E-state index in [9.17, 15) is 4.79 Å². The minimum absolute atomic E-state index is 0.0995. The molecule has 154 valence electrons. The monoisotopic (exact) mass is 402 g/mol. The average Bonchev–Trinajstić information content (AvgIpc) is 2.73. The Morgan fingerprint density at radius 2 is 1.77 bits per heavy atom. The van der Waals surface area contributed by atoms with Crippen LogP contribution in [0.2, 0.25) is 0 Å². The lowest BCUT2D eigenvalue weighted by Gasteiger charge is -2.14. The first-order valence-corrected chi connectivity index (χ1v) is 9.89. The number of hydrogen-bond donors (Lipinski definition) is 1. The van der Waals surface area contributed by atoms with Crippen molar-refractivity contribution in [2.75, 3.05) is 6.61 Å². The SMILES string of the molecule is Cc1ccc(C(C)C)c(OCC(=O)N/N=C/c2cccc(Oc3ccccc3)c2)c1. The van der Waals surface area contributed by atoms with Crippen LogP contribution in [0.3, 0.4) is 0 Å². The lowest BCUT2D eigenvalue weighted by molar-refractivity contribution is -0.123. The van der Waals surface area contributed by atoms with Gasteiger partial charge < -0.3 is 9.47 Å². The van der Waals surface area contributed by atoms with Gasteiger partial charge in [-0.1, -0.05) is 56.3 Å². The minimum atomic E-state index is -0.320. The Hall–Kier alpha value is -3.60. The van der Waals surface area contributed by atoms with Crippen molar-refractivity contribution in [2.45, 2.75) is 26.7 Å². The molecule has 0 aliphatic rings. The van der Waals surface area contributed by atoms with Crippen molar-refractivity contribution in [1.82, 2.24) is 5.43 Å². The molecule has 0 aromatic heterocycles. The van der Waals surface area contributed by atoms with Crippen molar-refractivity contribution in [2.24, 2.45) is 5.10 Å². The van der Waals surface area contributed by atoms with Crippen molar-refractivity contribution < 1.29 is 14.3 Å². The average molecular weight is 402 g/mol. The van der Waals surface area contributed by atoms with Gasteiger partial charge in [-0.15, -0.1) is 0 Å². The third-order valence-corrected chi connectivity index (χ3v) is 4.39. The van der Waals surface area contributed by atoms with E-state index >= 15 is 0 Å². The van der Waals surface area contributed by atoms with Crippen LogP contribution in [-0.2, 0) is 4.79 Å². The Balaban J connectivity index is 1.54. The standard InChI is InChI=1S/C25H26N2O3/c1-18(2)23-13-12-19(3)14-24(23)29-17-25(28)27-26-16-20-8-7-11-22(15-20)30-21-9-5-4-6-10-21/h4-16,18H,17H2,1-3H3,(H,27,28)/b26-16+. The number of hydrogen-bond acceptors (Lipinski definition) is 4. The third kappa shape index (κ3) is 6.21. The number of carbonyl (C=O) groups excluding carboxylic acids is 1. The second-order valence-electron chi connectivity index (χ2n) is 7.27. The van der Waals surface area contributed by atoms with Crippen LogP contribution < -0.4 is 14.9 Å². The first kappa shape index (κ1) is 21.1. The largest absolute Gasteiger partial charge is 0.483 e. The van der Waals surface area contributed by atoms with E-state index < -0.39 is 0 Å². The fourth-order valence-electron chi connectivity index (χ4n) is 2.88. The van der Waals surface area contributed by atoms with Gasteiger partial charge in [0.15, 0.2) is 6.61 Å². The van der Waals surface area contributed by atoms with E-state index in [0.29, 0.717) is 11.7 Å². The number of para-hydroxylation sites is 1. The summed E-state index contributed by atoms with van der Waals surface area (Å²) in [5.41, 5.74) is 5.47. The highest BCUT2D eigenvalue weighted by atomic mass is 16.5. The number of aryl methyl sites for hydroxylation is 1. The summed E-state index contributed by atoms with van der Waals surface area (Å²) in [6.45, 7) is 6.09. The highest BCUT2D eigenvalue weighted by molar-refractivity contribution is 5.83. The minimum Gasteiger partial charge on any atom is -0.483 e. The number of benzene rings is 3. The second-order valence-corrected chi connectivity index (χ2v) is 7.27. The first-order valence-electron chi connectivity index (χ1n) is 9.89. The van der Waals surface area contributed by atoms with Crippen LogP contribution in [0.4, 0.5) is 0 Å². The zero-order chi connectivity index (χ0) is 21.3. The smallest absolute Gasteiger partial charge is 0.277 e. The number of rotatable bonds is 8. The Morgan fingerprint density at radius 1 is 1.00 bits per heavy atom. The van der Waals surface area contributed by atoms with Gasteiger partial charge in [0.2, 0.25) is 0 Å². The predicted octanol–water partition coefficient (Wildman–Crippen LogP) is 5.44. The van der Waals surface area contributed by atoms with Crippen molar-refractivity contribution >= 4 is 12.1 Å². The summed E-state index contributed by atoms with van der Waals surface area (Å²) in [7, 11) is 0. The maximum absolute atomic E-state index is 12.1. The molecule has 0 heterocycles. The van der Waals surface area contributed by atoms with Crippen LogP contribution in [0.1, 0.15) is 36.5 Å². The van der Waals surface area contributed by atoms with Crippen LogP contribution in [0.5, 0.6) is 17.2 Å². The molecule has 0 saturated heterocycles. The molecular weight excluding hydrogens is 376 g/mol. The molecule has 0 radical (unpaired) electrons. The van der Waals surface area contributed by atoms with Gasteiger partial charge in [-0.3, -0.25) is 4.79 Å². The molecule has 1 amide bonds. The third-order valence-electron chi connectivity index (χ3n) is 4.39. The molecule has 0 fully saturated rings. The molecule has 3 rings (SSSR count).